The van der Waals surface area contributed by atoms with Gasteiger partial charge in [0, 0.05) is 21.1 Å². The fraction of sp³-hybridized carbons (Fsp3) is 0.143. The second-order valence-corrected chi connectivity index (χ2v) is 23.7. The third-order valence-corrected chi connectivity index (χ3v) is 18.6. The number of benzene rings is 9. The molecule has 0 fully saturated rings. The SMILES string of the molecule is [W].c1ccc(CP(Cc2ccccc2)Cc2ccccc2)cc1.c1ccc(CP(Cc2ccccc2)Cc2ccccc2)cc1.c1ccc(CP(Cc2ccccc2)Cc2ccccc2)cc1. The predicted octanol–water partition coefficient (Wildman–Crippen LogP) is 18.2. The minimum absolute atomic E-state index is 0. The van der Waals surface area contributed by atoms with Gasteiger partial charge in [-0.1, -0.05) is 297 Å². The van der Waals surface area contributed by atoms with Crippen molar-refractivity contribution in [3.05, 3.63) is 323 Å². The third kappa shape index (κ3) is 20.0. The number of hydrogen-bond donors (Lipinski definition) is 0. The van der Waals surface area contributed by atoms with E-state index in [0.29, 0.717) is 0 Å². The first-order valence-electron chi connectivity index (χ1n) is 23.2. The average Bonchev–Trinajstić information content (AvgIpc) is 3.37. The smallest absolute Gasteiger partial charge is 0 e. The van der Waals surface area contributed by atoms with Crippen LogP contribution in [0, 0.1) is 0 Å². The summed E-state index contributed by atoms with van der Waals surface area (Å²) < 4.78 is 0. The Hall–Kier alpha value is -5.04. The first-order chi connectivity index (χ1) is 32.7. The maximum absolute atomic E-state index is 2.26. The standard InChI is InChI=1S/3C21H21P.W/c3*1-4-10-19(11-5-1)16-22(17-20-12-6-2-7-13-20)18-21-14-8-3-9-15-21;/h3*1-15H,16-18H2;. The van der Waals surface area contributed by atoms with Gasteiger partial charge in [-0.05, 0) is 106 Å². The molecule has 0 aliphatic heterocycles. The van der Waals surface area contributed by atoms with Gasteiger partial charge < -0.3 is 0 Å². The van der Waals surface area contributed by atoms with Gasteiger partial charge in [0.1, 0.15) is 0 Å². The van der Waals surface area contributed by atoms with Gasteiger partial charge in [0.25, 0.3) is 0 Å². The molecule has 0 N–H and O–H groups in total. The Kier molecular flexibility index (Phi) is 23.3. The van der Waals surface area contributed by atoms with Crippen molar-refractivity contribution in [2.45, 2.75) is 55.5 Å². The van der Waals surface area contributed by atoms with E-state index in [1.165, 1.54) is 106 Å². The Bertz CT molecular complexity index is 1990. The van der Waals surface area contributed by atoms with E-state index in [2.05, 4.69) is 273 Å². The average molecular weight is 1100 g/mol. The van der Waals surface area contributed by atoms with E-state index in [9.17, 15) is 0 Å². The van der Waals surface area contributed by atoms with Gasteiger partial charge in [-0.15, -0.1) is 0 Å². The molecule has 0 nitrogen and oxygen atoms in total. The molecule has 336 valence electrons. The van der Waals surface area contributed by atoms with Gasteiger partial charge in [0.15, 0.2) is 0 Å². The van der Waals surface area contributed by atoms with Crippen molar-refractivity contribution in [3.63, 3.8) is 0 Å². The molecule has 9 rings (SSSR count). The molecule has 0 bridgehead atoms. The molecule has 0 heterocycles. The van der Waals surface area contributed by atoms with Crippen molar-refractivity contribution < 1.29 is 21.1 Å². The second-order valence-electron chi connectivity index (χ2n) is 16.8. The summed E-state index contributed by atoms with van der Waals surface area (Å²) in [6.07, 6.45) is 10.7. The van der Waals surface area contributed by atoms with Gasteiger partial charge in [-0.2, -0.15) is 0 Å². The summed E-state index contributed by atoms with van der Waals surface area (Å²) in [5.74, 6) is 0. The molecular formula is C63H63P3W. The first kappa shape index (κ1) is 51.4. The van der Waals surface area contributed by atoms with Gasteiger partial charge >= 0.3 is 0 Å². The molecule has 0 aliphatic carbocycles. The molecule has 0 aromatic heterocycles. The summed E-state index contributed by atoms with van der Waals surface area (Å²) in [6.45, 7) is 0. The Morgan fingerprint density at radius 1 is 0.149 bits per heavy atom. The van der Waals surface area contributed by atoms with Crippen LogP contribution in [-0.4, -0.2) is 0 Å². The van der Waals surface area contributed by atoms with Gasteiger partial charge in [-0.25, -0.2) is 0 Å². The van der Waals surface area contributed by atoms with Crippen LogP contribution in [0.1, 0.15) is 50.1 Å². The van der Waals surface area contributed by atoms with Crippen LogP contribution < -0.4 is 0 Å². The maximum atomic E-state index is 2.26. The zero-order valence-corrected chi connectivity index (χ0v) is 44.2. The van der Waals surface area contributed by atoms with Crippen molar-refractivity contribution in [2.24, 2.45) is 0 Å². The van der Waals surface area contributed by atoms with Gasteiger partial charge in [-0.3, -0.25) is 0 Å². The molecule has 0 amide bonds. The normalized spacial score (nSPS) is 10.6. The molecule has 9 aromatic rings. The molecule has 0 radical (unpaired) electrons. The predicted molar refractivity (Wildman–Crippen MR) is 292 cm³/mol. The topological polar surface area (TPSA) is 0 Å². The fourth-order valence-electron chi connectivity index (χ4n) is 8.08. The summed E-state index contributed by atoms with van der Waals surface area (Å²) in [6, 6.07) is 98.1. The van der Waals surface area contributed by atoms with Crippen molar-refractivity contribution in [3.8, 4) is 0 Å². The van der Waals surface area contributed by atoms with E-state index in [0.717, 1.165) is 0 Å². The van der Waals surface area contributed by atoms with Gasteiger partial charge in [0.05, 0.1) is 0 Å². The van der Waals surface area contributed by atoms with E-state index < -0.39 is 0 Å². The van der Waals surface area contributed by atoms with E-state index >= 15 is 0 Å². The minimum atomic E-state index is -0.0895. The molecule has 67 heavy (non-hydrogen) atoms. The Labute approximate surface area is 420 Å². The zero-order valence-electron chi connectivity index (χ0n) is 38.6. The molecule has 0 saturated carbocycles. The minimum Gasteiger partial charge on any atom is -0.0932 e. The molecule has 4 heteroatoms. The third-order valence-electron chi connectivity index (χ3n) is 11.2. The molecule has 0 saturated heterocycles. The van der Waals surface area contributed by atoms with Crippen molar-refractivity contribution in [1.82, 2.24) is 0 Å². The molecule has 0 aliphatic rings. The van der Waals surface area contributed by atoms with Crippen LogP contribution in [0.4, 0.5) is 0 Å². The summed E-state index contributed by atoms with van der Waals surface area (Å²) in [5.41, 5.74) is 13.1. The van der Waals surface area contributed by atoms with E-state index in [-0.39, 0.29) is 44.8 Å². The maximum Gasteiger partial charge on any atom is 0 e. The van der Waals surface area contributed by atoms with Crippen LogP contribution in [0.15, 0.2) is 273 Å². The zero-order chi connectivity index (χ0) is 45.1. The van der Waals surface area contributed by atoms with Crippen LogP contribution in [0.2, 0.25) is 0 Å². The molecule has 0 spiro atoms. The van der Waals surface area contributed by atoms with Crippen LogP contribution in [0.25, 0.3) is 0 Å². The van der Waals surface area contributed by atoms with Crippen molar-refractivity contribution in [2.75, 3.05) is 0 Å². The van der Waals surface area contributed by atoms with Gasteiger partial charge in [0.2, 0.25) is 0 Å². The Morgan fingerprint density at radius 3 is 0.328 bits per heavy atom. The summed E-state index contributed by atoms with van der Waals surface area (Å²) in [5, 5.41) is 0. The fourth-order valence-corrected chi connectivity index (χ4v) is 15.6. The molecule has 0 unspecified atom stereocenters. The summed E-state index contributed by atoms with van der Waals surface area (Å²) >= 11 is 0. The summed E-state index contributed by atoms with van der Waals surface area (Å²) in [4.78, 5) is 0. The molecular weight excluding hydrogens is 1030 g/mol. The van der Waals surface area contributed by atoms with Crippen LogP contribution >= 0.6 is 23.8 Å². The molecule has 0 atom stereocenters. The van der Waals surface area contributed by atoms with E-state index in [4.69, 9.17) is 0 Å². The van der Waals surface area contributed by atoms with Crippen LogP contribution in [0.5, 0.6) is 0 Å². The number of rotatable bonds is 18. The van der Waals surface area contributed by atoms with Crippen LogP contribution in [0.3, 0.4) is 0 Å². The van der Waals surface area contributed by atoms with E-state index in [1.807, 2.05) is 0 Å². The quantitative estimate of drug-likeness (QED) is 0.0751. The largest absolute Gasteiger partial charge is 0.0932 e. The monoisotopic (exact) mass is 1100 g/mol. The first-order valence-corrected chi connectivity index (χ1v) is 28.9. The number of hydrogen-bond acceptors (Lipinski definition) is 0. The van der Waals surface area contributed by atoms with Crippen molar-refractivity contribution in [1.29, 1.82) is 0 Å². The Morgan fingerprint density at radius 2 is 0.239 bits per heavy atom. The molecule has 9 aromatic carbocycles. The Balaban J connectivity index is 0.000000165. The second kappa shape index (κ2) is 30.4. The summed E-state index contributed by atoms with van der Waals surface area (Å²) in [7, 11) is -0.269. The van der Waals surface area contributed by atoms with Crippen LogP contribution in [-0.2, 0) is 76.5 Å². The van der Waals surface area contributed by atoms with Crippen molar-refractivity contribution >= 4 is 23.8 Å². The van der Waals surface area contributed by atoms with E-state index in [1.54, 1.807) is 0 Å².